The Morgan fingerprint density at radius 3 is 2.32 bits per heavy atom. The molecule has 0 atom stereocenters. The van der Waals surface area contributed by atoms with Crippen LogP contribution in [0.3, 0.4) is 0 Å². The fraction of sp³-hybridized carbons (Fsp3) is 0.240. The summed E-state index contributed by atoms with van der Waals surface area (Å²) in [5.41, 5.74) is 7.56. The minimum Gasteiger partial charge on any atom is -0.351 e. The molecule has 4 amide bonds. The molecule has 1 aromatic heterocycles. The summed E-state index contributed by atoms with van der Waals surface area (Å²) in [6.45, 7) is 2.02. The summed E-state index contributed by atoms with van der Waals surface area (Å²) in [6, 6.07) is 14.6. The highest BCUT2D eigenvalue weighted by atomic mass is 32.2. The van der Waals surface area contributed by atoms with Crippen molar-refractivity contribution < 1.29 is 22.8 Å². The van der Waals surface area contributed by atoms with E-state index in [0.29, 0.717) is 24.5 Å². The first-order chi connectivity index (χ1) is 17.6. The van der Waals surface area contributed by atoms with E-state index < -0.39 is 27.9 Å². The van der Waals surface area contributed by atoms with Gasteiger partial charge in [0.2, 0.25) is 10.0 Å². The topological polar surface area (TPSA) is 142 Å². The van der Waals surface area contributed by atoms with Gasteiger partial charge in [-0.3, -0.25) is 19.8 Å². The van der Waals surface area contributed by atoms with E-state index in [1.54, 1.807) is 0 Å². The van der Waals surface area contributed by atoms with Crippen LogP contribution in [0, 0.1) is 0 Å². The predicted molar refractivity (Wildman–Crippen MR) is 141 cm³/mol. The largest absolute Gasteiger partial charge is 0.351 e. The molecule has 4 rings (SSSR count). The molecule has 0 radical (unpaired) electrons. The van der Waals surface area contributed by atoms with Gasteiger partial charge in [0.25, 0.3) is 11.8 Å². The second-order valence-corrected chi connectivity index (χ2v) is 12.0. The molecule has 0 unspecified atom stereocenters. The molecular formula is C25H27N5O5S2. The number of hydrogen-bond donors (Lipinski definition) is 3. The highest BCUT2D eigenvalue weighted by molar-refractivity contribution is 7.89. The van der Waals surface area contributed by atoms with Crippen LogP contribution in [-0.4, -0.2) is 56.1 Å². The van der Waals surface area contributed by atoms with Crippen LogP contribution >= 0.6 is 11.3 Å². The van der Waals surface area contributed by atoms with Crippen molar-refractivity contribution in [1.82, 2.24) is 14.5 Å². The van der Waals surface area contributed by atoms with Gasteiger partial charge in [-0.15, -0.1) is 11.3 Å². The van der Waals surface area contributed by atoms with Gasteiger partial charge in [-0.25, -0.2) is 17.5 Å². The quantitative estimate of drug-likeness (QED) is 0.420. The zero-order chi connectivity index (χ0) is 26.7. The second kappa shape index (κ2) is 10.8. The van der Waals surface area contributed by atoms with Gasteiger partial charge < -0.3 is 11.1 Å². The molecule has 0 bridgehead atoms. The minimum atomic E-state index is -3.64. The monoisotopic (exact) mass is 541 g/mol. The van der Waals surface area contributed by atoms with Gasteiger partial charge in [0.05, 0.1) is 10.5 Å². The van der Waals surface area contributed by atoms with Gasteiger partial charge in [0.15, 0.2) is 0 Å². The Labute approximate surface area is 219 Å². The van der Waals surface area contributed by atoms with Crippen molar-refractivity contribution in [2.75, 3.05) is 26.0 Å². The van der Waals surface area contributed by atoms with E-state index in [1.165, 1.54) is 55.3 Å². The first kappa shape index (κ1) is 26.5. The van der Waals surface area contributed by atoms with Crippen molar-refractivity contribution in [1.29, 1.82) is 0 Å². The number of urea groups is 1. The van der Waals surface area contributed by atoms with Crippen molar-refractivity contribution in [2.24, 2.45) is 5.73 Å². The first-order valence-electron chi connectivity index (χ1n) is 11.4. The Morgan fingerprint density at radius 2 is 1.70 bits per heavy atom. The summed E-state index contributed by atoms with van der Waals surface area (Å²) >= 11 is 1.28. The fourth-order valence-corrected chi connectivity index (χ4v) is 6.28. The number of sulfonamides is 1. The minimum absolute atomic E-state index is 0.0562. The summed E-state index contributed by atoms with van der Waals surface area (Å²) in [4.78, 5) is 40.5. The maximum Gasteiger partial charge on any atom is 0.319 e. The molecule has 0 saturated carbocycles. The van der Waals surface area contributed by atoms with Crippen molar-refractivity contribution in [2.45, 2.75) is 24.4 Å². The maximum atomic E-state index is 13.0. The molecule has 0 aliphatic carbocycles. The number of amides is 4. The van der Waals surface area contributed by atoms with Crippen LogP contribution in [0.4, 0.5) is 9.80 Å². The van der Waals surface area contributed by atoms with E-state index >= 15 is 0 Å². The van der Waals surface area contributed by atoms with Crippen LogP contribution in [0.25, 0.3) is 0 Å². The van der Waals surface area contributed by atoms with Gasteiger partial charge in [0, 0.05) is 44.2 Å². The lowest BCUT2D eigenvalue weighted by Crippen LogP contribution is -2.36. The summed E-state index contributed by atoms with van der Waals surface area (Å²) in [6.07, 6.45) is 0.563. The van der Waals surface area contributed by atoms with Crippen molar-refractivity contribution >= 4 is 44.2 Å². The summed E-state index contributed by atoms with van der Waals surface area (Å²) in [5.74, 6) is -1.19. The first-order valence-corrected chi connectivity index (χ1v) is 13.7. The van der Waals surface area contributed by atoms with E-state index in [-0.39, 0.29) is 16.0 Å². The van der Waals surface area contributed by atoms with Crippen LogP contribution in [0.15, 0.2) is 59.5 Å². The second-order valence-electron chi connectivity index (χ2n) is 8.74. The van der Waals surface area contributed by atoms with E-state index in [9.17, 15) is 22.8 Å². The van der Waals surface area contributed by atoms with Crippen LogP contribution in [0.2, 0.25) is 0 Å². The molecule has 0 spiro atoms. The molecular weight excluding hydrogens is 514 g/mol. The fourth-order valence-electron chi connectivity index (χ4n) is 4.10. The number of carbonyl (C=O) groups excluding carboxylic acids is 3. The lowest BCUT2D eigenvalue weighted by Gasteiger charge is -2.27. The molecule has 4 N–H and O–H groups in total. The number of fused-ring (bicyclic) bond motifs is 1. The predicted octanol–water partition coefficient (Wildman–Crippen LogP) is 2.62. The average molecular weight is 542 g/mol. The molecule has 10 nitrogen and oxygen atoms in total. The SMILES string of the molecule is CN(C)S(=O)(=O)c1ccc(C(=O)Nc2sc3c(c2C(=O)NC(N)=O)CCN(Cc2ccccc2)C3)cc1. The molecule has 0 fully saturated rings. The molecule has 12 heteroatoms. The number of benzene rings is 2. The number of rotatable bonds is 7. The number of anilines is 1. The van der Waals surface area contributed by atoms with Crippen molar-refractivity contribution in [3.05, 3.63) is 81.7 Å². The number of hydrogen-bond acceptors (Lipinski definition) is 7. The van der Waals surface area contributed by atoms with Gasteiger partial charge in [-0.05, 0) is 41.8 Å². The Balaban J connectivity index is 1.59. The molecule has 194 valence electrons. The molecule has 2 aromatic carbocycles. The van der Waals surface area contributed by atoms with Gasteiger partial charge in [-0.1, -0.05) is 30.3 Å². The van der Waals surface area contributed by atoms with Crippen LogP contribution in [0.1, 0.15) is 36.7 Å². The highest BCUT2D eigenvalue weighted by Crippen LogP contribution is 2.38. The smallest absolute Gasteiger partial charge is 0.319 e. The third-order valence-corrected chi connectivity index (χ3v) is 8.93. The third kappa shape index (κ3) is 5.88. The highest BCUT2D eigenvalue weighted by Gasteiger charge is 2.29. The Kier molecular flexibility index (Phi) is 7.73. The van der Waals surface area contributed by atoms with Crippen LogP contribution in [-0.2, 0) is 29.5 Å². The standard InChI is InChI=1S/C25H27N5O5S2/c1-29(2)37(34,35)18-10-8-17(9-11-18)22(31)27-24-21(23(32)28-25(26)33)19-12-13-30(15-20(19)36-24)14-16-6-4-3-5-7-16/h3-11H,12-15H2,1-2H3,(H,27,31)(H3,26,28,32,33). The maximum absolute atomic E-state index is 13.0. The Morgan fingerprint density at radius 1 is 1.03 bits per heavy atom. The average Bonchev–Trinajstić information content (AvgIpc) is 3.21. The summed E-state index contributed by atoms with van der Waals surface area (Å²) in [7, 11) is -0.786. The van der Waals surface area contributed by atoms with Crippen molar-refractivity contribution in [3.8, 4) is 0 Å². The van der Waals surface area contributed by atoms with Gasteiger partial charge >= 0.3 is 6.03 Å². The summed E-state index contributed by atoms with van der Waals surface area (Å²) in [5, 5.41) is 5.18. The normalized spacial score (nSPS) is 13.7. The van der Waals surface area contributed by atoms with E-state index in [0.717, 1.165) is 21.3 Å². The molecule has 3 aromatic rings. The molecule has 1 aliphatic heterocycles. The van der Waals surface area contributed by atoms with E-state index in [4.69, 9.17) is 5.73 Å². The lowest BCUT2D eigenvalue weighted by atomic mass is 10.0. The Bertz CT molecular complexity index is 1430. The van der Waals surface area contributed by atoms with Gasteiger partial charge in [0.1, 0.15) is 5.00 Å². The number of carbonyl (C=O) groups is 3. The van der Waals surface area contributed by atoms with E-state index in [2.05, 4.69) is 27.7 Å². The zero-order valence-electron chi connectivity index (χ0n) is 20.4. The zero-order valence-corrected chi connectivity index (χ0v) is 22.0. The molecule has 2 heterocycles. The third-order valence-electron chi connectivity index (χ3n) is 5.97. The number of nitrogens with zero attached hydrogens (tertiary/aromatic N) is 2. The van der Waals surface area contributed by atoms with E-state index in [1.807, 2.05) is 18.2 Å². The van der Waals surface area contributed by atoms with Gasteiger partial charge in [-0.2, -0.15) is 0 Å². The number of imide groups is 1. The molecule has 0 saturated heterocycles. The van der Waals surface area contributed by atoms with Crippen LogP contribution < -0.4 is 16.4 Å². The number of thiophene rings is 1. The number of nitrogens with two attached hydrogens (primary N) is 1. The van der Waals surface area contributed by atoms with Crippen molar-refractivity contribution in [3.63, 3.8) is 0 Å². The number of nitrogens with one attached hydrogen (secondary N) is 2. The molecule has 1 aliphatic rings. The lowest BCUT2D eigenvalue weighted by molar-refractivity contribution is 0.0965. The Hall–Kier alpha value is -3.58. The van der Waals surface area contributed by atoms with Crippen LogP contribution in [0.5, 0.6) is 0 Å². The summed E-state index contributed by atoms with van der Waals surface area (Å²) < 4.78 is 25.7. The molecule has 37 heavy (non-hydrogen) atoms. The number of primary amides is 1.